The van der Waals surface area contributed by atoms with Crippen LogP contribution in [-0.4, -0.2) is 27.4 Å². The SMILES string of the molecule is CCOc1cc(OCC)c2ccccc2c1-c1c(OC)cc(OC)c2ccccc12. The zero-order valence-corrected chi connectivity index (χ0v) is 17.8. The molecule has 0 spiro atoms. The van der Waals surface area contributed by atoms with Gasteiger partial charge in [0.2, 0.25) is 0 Å². The van der Waals surface area contributed by atoms with Crippen molar-refractivity contribution in [2.24, 2.45) is 0 Å². The molecule has 0 bridgehead atoms. The Bertz CT molecular complexity index is 1200. The van der Waals surface area contributed by atoms with Crippen LogP contribution in [-0.2, 0) is 0 Å². The summed E-state index contributed by atoms with van der Waals surface area (Å²) >= 11 is 0. The zero-order valence-electron chi connectivity index (χ0n) is 17.8. The van der Waals surface area contributed by atoms with Crippen LogP contribution in [0, 0.1) is 0 Å². The Hall–Kier alpha value is -3.40. The second-order valence-corrected chi connectivity index (χ2v) is 6.86. The highest BCUT2D eigenvalue weighted by Crippen LogP contribution is 2.49. The first-order valence-electron chi connectivity index (χ1n) is 10.2. The van der Waals surface area contributed by atoms with Crippen LogP contribution in [0.2, 0.25) is 0 Å². The number of ether oxygens (including phenoxy) is 4. The van der Waals surface area contributed by atoms with E-state index in [-0.39, 0.29) is 0 Å². The minimum atomic E-state index is 0.549. The van der Waals surface area contributed by atoms with E-state index in [9.17, 15) is 0 Å². The van der Waals surface area contributed by atoms with Crippen LogP contribution in [0.15, 0.2) is 60.7 Å². The van der Waals surface area contributed by atoms with E-state index in [4.69, 9.17) is 18.9 Å². The molecule has 0 aliphatic rings. The smallest absolute Gasteiger partial charge is 0.131 e. The predicted molar refractivity (Wildman–Crippen MR) is 122 cm³/mol. The van der Waals surface area contributed by atoms with Gasteiger partial charge >= 0.3 is 0 Å². The number of benzene rings is 4. The molecule has 0 aromatic heterocycles. The van der Waals surface area contributed by atoms with Crippen molar-refractivity contribution in [3.05, 3.63) is 60.7 Å². The van der Waals surface area contributed by atoms with Crippen LogP contribution in [0.3, 0.4) is 0 Å². The fourth-order valence-electron chi connectivity index (χ4n) is 4.03. The van der Waals surface area contributed by atoms with Gasteiger partial charge in [0.25, 0.3) is 0 Å². The average Bonchev–Trinajstić information content (AvgIpc) is 2.79. The van der Waals surface area contributed by atoms with Crippen molar-refractivity contribution in [2.75, 3.05) is 27.4 Å². The molecule has 4 nitrogen and oxygen atoms in total. The maximum absolute atomic E-state index is 6.12. The molecule has 0 amide bonds. The summed E-state index contributed by atoms with van der Waals surface area (Å²) in [6, 6.07) is 20.4. The van der Waals surface area contributed by atoms with Gasteiger partial charge in [-0.05, 0) is 24.6 Å². The third-order valence-corrected chi connectivity index (χ3v) is 5.23. The lowest BCUT2D eigenvalue weighted by atomic mass is 9.91. The highest BCUT2D eigenvalue weighted by Gasteiger charge is 2.22. The normalized spacial score (nSPS) is 10.9. The van der Waals surface area contributed by atoms with Gasteiger partial charge in [0, 0.05) is 34.0 Å². The Morgan fingerprint density at radius 3 is 1.50 bits per heavy atom. The minimum Gasteiger partial charge on any atom is -0.496 e. The predicted octanol–water partition coefficient (Wildman–Crippen LogP) is 6.47. The fraction of sp³-hybridized carbons (Fsp3) is 0.231. The highest BCUT2D eigenvalue weighted by molar-refractivity contribution is 6.12. The van der Waals surface area contributed by atoms with Gasteiger partial charge in [0.15, 0.2) is 0 Å². The van der Waals surface area contributed by atoms with E-state index in [2.05, 4.69) is 24.3 Å². The van der Waals surface area contributed by atoms with Crippen molar-refractivity contribution in [1.82, 2.24) is 0 Å². The summed E-state index contributed by atoms with van der Waals surface area (Å²) in [7, 11) is 3.36. The molecule has 4 aromatic rings. The molecule has 4 rings (SSSR count). The molecule has 30 heavy (non-hydrogen) atoms. The Labute approximate surface area is 176 Å². The molecule has 0 atom stereocenters. The van der Waals surface area contributed by atoms with E-state index in [1.165, 1.54) is 0 Å². The molecule has 0 heterocycles. The van der Waals surface area contributed by atoms with Crippen molar-refractivity contribution in [3.63, 3.8) is 0 Å². The maximum Gasteiger partial charge on any atom is 0.131 e. The first-order valence-corrected chi connectivity index (χ1v) is 10.2. The molecule has 0 N–H and O–H groups in total. The number of rotatable bonds is 7. The number of methoxy groups -OCH3 is 2. The van der Waals surface area contributed by atoms with Crippen molar-refractivity contribution >= 4 is 21.5 Å². The van der Waals surface area contributed by atoms with Crippen LogP contribution >= 0.6 is 0 Å². The van der Waals surface area contributed by atoms with Crippen LogP contribution in [0.25, 0.3) is 32.7 Å². The van der Waals surface area contributed by atoms with Gasteiger partial charge < -0.3 is 18.9 Å². The van der Waals surface area contributed by atoms with E-state index in [0.717, 1.165) is 55.7 Å². The lowest BCUT2D eigenvalue weighted by Gasteiger charge is -2.21. The molecular weight excluding hydrogens is 376 g/mol. The molecular formula is C26H26O4. The number of hydrogen-bond donors (Lipinski definition) is 0. The molecule has 0 aliphatic heterocycles. The largest absolute Gasteiger partial charge is 0.496 e. The monoisotopic (exact) mass is 402 g/mol. The molecule has 0 fully saturated rings. The van der Waals surface area contributed by atoms with E-state index >= 15 is 0 Å². The lowest BCUT2D eigenvalue weighted by molar-refractivity contribution is 0.327. The fourth-order valence-corrected chi connectivity index (χ4v) is 4.03. The molecule has 0 saturated heterocycles. The summed E-state index contributed by atoms with van der Waals surface area (Å²) in [6.07, 6.45) is 0. The summed E-state index contributed by atoms with van der Waals surface area (Å²) in [4.78, 5) is 0. The Morgan fingerprint density at radius 1 is 0.533 bits per heavy atom. The third kappa shape index (κ3) is 3.28. The standard InChI is InChI=1S/C26H26O4/c1-5-29-22-16-24(30-6-2)26(20-14-10-8-12-18(20)22)25-19-13-9-7-11-17(19)21(27-3)15-23(25)28-4/h7-16H,5-6H2,1-4H3. The van der Waals surface area contributed by atoms with Gasteiger partial charge in [-0.15, -0.1) is 0 Å². The Balaban J connectivity index is 2.18. The maximum atomic E-state index is 6.12. The minimum absolute atomic E-state index is 0.549. The van der Waals surface area contributed by atoms with Gasteiger partial charge in [-0.2, -0.15) is 0 Å². The molecule has 0 radical (unpaired) electrons. The summed E-state index contributed by atoms with van der Waals surface area (Å²) in [6.45, 7) is 5.11. The summed E-state index contributed by atoms with van der Waals surface area (Å²) < 4.78 is 23.6. The van der Waals surface area contributed by atoms with Gasteiger partial charge in [-0.3, -0.25) is 0 Å². The van der Waals surface area contributed by atoms with Crippen molar-refractivity contribution in [3.8, 4) is 34.1 Å². The van der Waals surface area contributed by atoms with Gasteiger partial charge in [0.1, 0.15) is 23.0 Å². The van der Waals surface area contributed by atoms with E-state index in [1.54, 1.807) is 14.2 Å². The van der Waals surface area contributed by atoms with E-state index < -0.39 is 0 Å². The highest BCUT2D eigenvalue weighted by atomic mass is 16.5. The van der Waals surface area contributed by atoms with Crippen molar-refractivity contribution in [1.29, 1.82) is 0 Å². The molecule has 0 aliphatic carbocycles. The first kappa shape index (κ1) is 19.9. The Morgan fingerprint density at radius 2 is 0.967 bits per heavy atom. The molecule has 4 heteroatoms. The van der Waals surface area contributed by atoms with Crippen LogP contribution < -0.4 is 18.9 Å². The van der Waals surface area contributed by atoms with Gasteiger partial charge in [-0.25, -0.2) is 0 Å². The van der Waals surface area contributed by atoms with Gasteiger partial charge in [0.05, 0.1) is 27.4 Å². The average molecular weight is 402 g/mol. The second-order valence-electron chi connectivity index (χ2n) is 6.86. The van der Waals surface area contributed by atoms with E-state index in [1.807, 2.05) is 50.2 Å². The topological polar surface area (TPSA) is 36.9 Å². The summed E-state index contributed by atoms with van der Waals surface area (Å²) in [5, 5.41) is 4.17. The Kier molecular flexibility index (Phi) is 5.66. The number of fused-ring (bicyclic) bond motifs is 2. The van der Waals surface area contributed by atoms with Gasteiger partial charge in [-0.1, -0.05) is 48.5 Å². The van der Waals surface area contributed by atoms with Crippen molar-refractivity contribution < 1.29 is 18.9 Å². The quantitative estimate of drug-likeness (QED) is 0.355. The first-order chi connectivity index (χ1) is 14.7. The zero-order chi connectivity index (χ0) is 21.1. The number of hydrogen-bond acceptors (Lipinski definition) is 4. The molecule has 154 valence electrons. The third-order valence-electron chi connectivity index (χ3n) is 5.23. The molecule has 0 saturated carbocycles. The lowest BCUT2D eigenvalue weighted by Crippen LogP contribution is -2.01. The summed E-state index contributed by atoms with van der Waals surface area (Å²) in [5.41, 5.74) is 1.98. The van der Waals surface area contributed by atoms with Crippen molar-refractivity contribution in [2.45, 2.75) is 13.8 Å². The molecule has 4 aromatic carbocycles. The summed E-state index contributed by atoms with van der Waals surface area (Å²) in [5.74, 6) is 3.10. The van der Waals surface area contributed by atoms with Crippen LogP contribution in [0.4, 0.5) is 0 Å². The second kappa shape index (κ2) is 8.54. The van der Waals surface area contributed by atoms with E-state index in [0.29, 0.717) is 13.2 Å². The van der Waals surface area contributed by atoms with Crippen LogP contribution in [0.5, 0.6) is 23.0 Å². The molecule has 0 unspecified atom stereocenters. The van der Waals surface area contributed by atoms with Crippen LogP contribution in [0.1, 0.15) is 13.8 Å².